The molecular weight excluding hydrogens is 456 g/mol. The summed E-state index contributed by atoms with van der Waals surface area (Å²) in [5.74, 6) is 0.185. The number of fused-ring (bicyclic) bond motifs is 1. The molecule has 0 unspecified atom stereocenters. The highest BCUT2D eigenvalue weighted by atomic mass is 16.5. The second-order valence-corrected chi connectivity index (χ2v) is 8.84. The molecule has 1 N–H and O–H groups in total. The van der Waals surface area contributed by atoms with E-state index >= 15 is 0 Å². The number of aryl methyl sites for hydroxylation is 1. The maximum absolute atomic E-state index is 13.0. The molecule has 9 heteroatoms. The largest absolute Gasteiger partial charge is 0.465 e. The van der Waals surface area contributed by atoms with E-state index in [4.69, 9.17) is 4.74 Å². The minimum Gasteiger partial charge on any atom is -0.465 e. The Morgan fingerprint density at radius 2 is 1.94 bits per heavy atom. The first-order valence-corrected chi connectivity index (χ1v) is 12.3. The lowest BCUT2D eigenvalue weighted by Crippen LogP contribution is -2.34. The number of pyridine rings is 1. The van der Waals surface area contributed by atoms with Gasteiger partial charge in [0.05, 0.1) is 12.6 Å². The van der Waals surface area contributed by atoms with Crippen LogP contribution >= 0.6 is 0 Å². The van der Waals surface area contributed by atoms with Gasteiger partial charge in [0.25, 0.3) is 5.56 Å². The SMILES string of the molecule is CCOC(=O)Cn1nnnc1[C@@H](CC)N(CCc1ccccc1)Cc1cc2cc(C)ccc2[nH]c1=O. The number of ether oxygens (including phenoxy) is 1. The van der Waals surface area contributed by atoms with Crippen LogP contribution < -0.4 is 5.56 Å². The number of hydrogen-bond acceptors (Lipinski definition) is 7. The van der Waals surface area contributed by atoms with Gasteiger partial charge in [-0.3, -0.25) is 14.5 Å². The zero-order valence-corrected chi connectivity index (χ0v) is 21.0. The van der Waals surface area contributed by atoms with E-state index in [0.717, 1.165) is 22.9 Å². The molecule has 188 valence electrons. The number of rotatable bonds is 11. The highest BCUT2D eigenvalue weighted by Crippen LogP contribution is 2.25. The normalized spacial score (nSPS) is 12.2. The zero-order chi connectivity index (χ0) is 25.5. The Labute approximate surface area is 210 Å². The van der Waals surface area contributed by atoms with Gasteiger partial charge >= 0.3 is 5.97 Å². The summed E-state index contributed by atoms with van der Waals surface area (Å²) in [6.45, 7) is 7.18. The number of benzene rings is 2. The van der Waals surface area contributed by atoms with Crippen molar-refractivity contribution in [3.05, 3.63) is 87.5 Å². The van der Waals surface area contributed by atoms with Crippen LogP contribution in [0, 0.1) is 6.92 Å². The van der Waals surface area contributed by atoms with Crippen LogP contribution in [-0.2, 0) is 29.0 Å². The molecule has 1 atom stereocenters. The van der Waals surface area contributed by atoms with Gasteiger partial charge in [0.1, 0.15) is 6.54 Å². The van der Waals surface area contributed by atoms with Gasteiger partial charge in [-0.1, -0.05) is 48.9 Å². The lowest BCUT2D eigenvalue weighted by molar-refractivity contribution is -0.144. The van der Waals surface area contributed by atoms with Gasteiger partial charge in [0, 0.05) is 24.2 Å². The molecule has 0 saturated carbocycles. The van der Waals surface area contributed by atoms with Crippen LogP contribution in [0.2, 0.25) is 0 Å². The van der Waals surface area contributed by atoms with Gasteiger partial charge < -0.3 is 9.72 Å². The van der Waals surface area contributed by atoms with E-state index in [2.05, 4.69) is 50.5 Å². The minimum atomic E-state index is -0.391. The lowest BCUT2D eigenvalue weighted by Gasteiger charge is -2.30. The smallest absolute Gasteiger partial charge is 0.327 e. The first kappa shape index (κ1) is 25.2. The first-order valence-electron chi connectivity index (χ1n) is 12.3. The van der Waals surface area contributed by atoms with Crippen LogP contribution in [0.4, 0.5) is 0 Å². The third-order valence-corrected chi connectivity index (χ3v) is 6.25. The Morgan fingerprint density at radius 1 is 1.14 bits per heavy atom. The number of aromatic amines is 1. The standard InChI is InChI=1S/C27H32N6O3/c1-4-24(26-29-30-31-33(26)18-25(34)36-5-2)32(14-13-20-9-7-6-8-10-20)17-22-16-21-15-19(3)11-12-23(21)28-27(22)35/h6-12,15-16,24H,4-5,13-14,17-18H2,1-3H3,(H,28,35)/t24-/m1/s1. The number of esters is 1. The molecule has 2 heterocycles. The third-order valence-electron chi connectivity index (χ3n) is 6.25. The van der Waals surface area contributed by atoms with Crippen molar-refractivity contribution in [2.75, 3.05) is 13.2 Å². The van der Waals surface area contributed by atoms with Gasteiger partial charge in [-0.15, -0.1) is 5.10 Å². The van der Waals surface area contributed by atoms with E-state index in [1.54, 1.807) is 6.92 Å². The van der Waals surface area contributed by atoms with Crippen LogP contribution in [0.1, 0.15) is 48.8 Å². The van der Waals surface area contributed by atoms with E-state index in [9.17, 15) is 9.59 Å². The highest BCUT2D eigenvalue weighted by molar-refractivity contribution is 5.79. The minimum absolute atomic E-state index is 0.0605. The van der Waals surface area contributed by atoms with Crippen LogP contribution in [-0.4, -0.2) is 49.2 Å². The third kappa shape index (κ3) is 6.04. The van der Waals surface area contributed by atoms with Crippen molar-refractivity contribution in [2.45, 2.75) is 52.7 Å². The lowest BCUT2D eigenvalue weighted by atomic mass is 10.1. The van der Waals surface area contributed by atoms with Crippen LogP contribution in [0.3, 0.4) is 0 Å². The van der Waals surface area contributed by atoms with Gasteiger partial charge in [0.2, 0.25) is 0 Å². The number of aromatic nitrogens is 5. The average molecular weight is 489 g/mol. The second-order valence-electron chi connectivity index (χ2n) is 8.84. The quantitative estimate of drug-likeness (QED) is 0.322. The van der Waals surface area contributed by atoms with Gasteiger partial charge in [-0.25, -0.2) is 4.68 Å². The molecule has 0 aliphatic heterocycles. The molecule has 0 aliphatic carbocycles. The van der Waals surface area contributed by atoms with Crippen molar-refractivity contribution < 1.29 is 9.53 Å². The maximum Gasteiger partial charge on any atom is 0.327 e. The molecular formula is C27H32N6O3. The monoisotopic (exact) mass is 488 g/mol. The highest BCUT2D eigenvalue weighted by Gasteiger charge is 2.26. The molecule has 0 saturated heterocycles. The van der Waals surface area contributed by atoms with E-state index in [-0.39, 0.29) is 18.1 Å². The molecule has 0 spiro atoms. The van der Waals surface area contributed by atoms with Gasteiger partial charge in [0.15, 0.2) is 5.82 Å². The van der Waals surface area contributed by atoms with E-state index in [1.165, 1.54) is 10.2 Å². The molecule has 0 radical (unpaired) electrons. The number of carbonyl (C=O) groups is 1. The number of H-pyrrole nitrogens is 1. The van der Waals surface area contributed by atoms with Crippen molar-refractivity contribution in [1.82, 2.24) is 30.1 Å². The van der Waals surface area contributed by atoms with Crippen molar-refractivity contribution in [2.24, 2.45) is 0 Å². The number of nitrogens with one attached hydrogen (secondary N) is 1. The van der Waals surface area contributed by atoms with Crippen molar-refractivity contribution >= 4 is 16.9 Å². The summed E-state index contributed by atoms with van der Waals surface area (Å²) in [5, 5.41) is 13.1. The topological polar surface area (TPSA) is 106 Å². The molecule has 4 rings (SSSR count). The number of tetrazole rings is 1. The Hall–Kier alpha value is -3.85. The fraction of sp³-hybridized carbons (Fsp3) is 0.370. The van der Waals surface area contributed by atoms with Crippen molar-refractivity contribution in [1.29, 1.82) is 0 Å². The fourth-order valence-electron chi connectivity index (χ4n) is 4.47. The summed E-state index contributed by atoms with van der Waals surface area (Å²) in [4.78, 5) is 30.4. The first-order chi connectivity index (χ1) is 17.5. The summed E-state index contributed by atoms with van der Waals surface area (Å²) < 4.78 is 6.59. The molecule has 0 amide bonds. The van der Waals surface area contributed by atoms with Gasteiger partial charge in [-0.2, -0.15) is 0 Å². The molecule has 36 heavy (non-hydrogen) atoms. The fourth-order valence-corrected chi connectivity index (χ4v) is 4.47. The number of hydrogen-bond donors (Lipinski definition) is 1. The summed E-state index contributed by atoms with van der Waals surface area (Å²) in [7, 11) is 0. The average Bonchev–Trinajstić information content (AvgIpc) is 3.31. The van der Waals surface area contributed by atoms with Crippen LogP contribution in [0.5, 0.6) is 0 Å². The van der Waals surface area contributed by atoms with E-state index in [0.29, 0.717) is 37.5 Å². The summed E-state index contributed by atoms with van der Waals surface area (Å²) >= 11 is 0. The number of nitrogens with zero attached hydrogens (tertiary/aromatic N) is 5. The predicted molar refractivity (Wildman–Crippen MR) is 137 cm³/mol. The van der Waals surface area contributed by atoms with E-state index in [1.807, 2.05) is 43.3 Å². The predicted octanol–water partition coefficient (Wildman–Crippen LogP) is 3.58. The van der Waals surface area contributed by atoms with Crippen molar-refractivity contribution in [3.63, 3.8) is 0 Å². The molecule has 2 aromatic carbocycles. The second kappa shape index (κ2) is 11.7. The Morgan fingerprint density at radius 3 is 2.69 bits per heavy atom. The van der Waals surface area contributed by atoms with Crippen LogP contribution in [0.15, 0.2) is 59.4 Å². The molecule has 0 bridgehead atoms. The Bertz CT molecular complexity index is 1360. The summed E-state index contributed by atoms with van der Waals surface area (Å²) in [6.07, 6.45) is 1.49. The Balaban J connectivity index is 1.67. The Kier molecular flexibility index (Phi) is 8.22. The van der Waals surface area contributed by atoms with Crippen LogP contribution in [0.25, 0.3) is 10.9 Å². The van der Waals surface area contributed by atoms with Crippen molar-refractivity contribution in [3.8, 4) is 0 Å². The molecule has 2 aromatic heterocycles. The van der Waals surface area contributed by atoms with E-state index < -0.39 is 5.97 Å². The van der Waals surface area contributed by atoms with Gasteiger partial charge in [-0.05, 0) is 66.3 Å². The molecule has 4 aromatic rings. The molecule has 0 fully saturated rings. The maximum atomic E-state index is 13.0. The molecule has 0 aliphatic rings. The zero-order valence-electron chi connectivity index (χ0n) is 21.0. The number of carbonyl (C=O) groups excluding carboxylic acids is 1. The summed E-state index contributed by atoms with van der Waals surface area (Å²) in [5.41, 5.74) is 3.70. The summed E-state index contributed by atoms with van der Waals surface area (Å²) in [6, 6.07) is 18.0. The molecule has 9 nitrogen and oxygen atoms in total.